The van der Waals surface area contributed by atoms with Gasteiger partial charge in [0.2, 0.25) is 6.10 Å². The van der Waals surface area contributed by atoms with Crippen molar-refractivity contribution >= 4 is 12.1 Å². The Morgan fingerprint density at radius 1 is 1.70 bits per heavy atom. The summed E-state index contributed by atoms with van der Waals surface area (Å²) in [5.41, 5.74) is 4.53. The van der Waals surface area contributed by atoms with Crippen LogP contribution in [0.25, 0.3) is 0 Å². The van der Waals surface area contributed by atoms with Gasteiger partial charge in [0.05, 0.1) is 0 Å². The molecule has 0 aromatic rings. The first-order chi connectivity index (χ1) is 4.57. The molecule has 0 radical (unpaired) electrons. The fourth-order valence-electron chi connectivity index (χ4n) is 0.324. The Bertz CT molecular complexity index is 165. The zero-order valence-electron chi connectivity index (χ0n) is 5.11. The van der Waals surface area contributed by atoms with Crippen molar-refractivity contribution in [2.24, 2.45) is 5.73 Å². The molecule has 0 bridgehead atoms. The molecule has 10 heavy (non-hydrogen) atoms. The summed E-state index contributed by atoms with van der Waals surface area (Å²) < 4.78 is 4.08. The van der Waals surface area contributed by atoms with Crippen LogP contribution < -0.4 is 5.73 Å². The van der Waals surface area contributed by atoms with Crippen molar-refractivity contribution < 1.29 is 19.4 Å². The van der Waals surface area contributed by atoms with Gasteiger partial charge in [0.1, 0.15) is 0 Å². The van der Waals surface area contributed by atoms with Crippen LogP contribution in [0.4, 0.5) is 4.79 Å². The molecule has 0 aliphatic rings. The highest BCUT2D eigenvalue weighted by atomic mass is 16.6. The monoisotopic (exact) mass is 145 g/mol. The van der Waals surface area contributed by atoms with E-state index in [0.717, 1.165) is 6.08 Å². The van der Waals surface area contributed by atoms with Crippen LogP contribution in [0.5, 0.6) is 0 Å². The second kappa shape index (κ2) is 3.49. The molecular weight excluding hydrogens is 138 g/mol. The van der Waals surface area contributed by atoms with Crippen LogP contribution in [0.3, 0.4) is 0 Å². The van der Waals surface area contributed by atoms with Crippen LogP contribution in [0.15, 0.2) is 12.7 Å². The first-order valence-corrected chi connectivity index (χ1v) is 2.39. The SMILES string of the molecule is C=CC(OC(N)=O)C(=O)O. The third kappa shape index (κ3) is 2.71. The summed E-state index contributed by atoms with van der Waals surface area (Å²) in [5.74, 6) is -1.30. The lowest BCUT2D eigenvalue weighted by atomic mass is 10.4. The van der Waals surface area contributed by atoms with Crippen molar-refractivity contribution in [1.29, 1.82) is 0 Å². The van der Waals surface area contributed by atoms with Gasteiger partial charge < -0.3 is 15.6 Å². The minimum absolute atomic E-state index is 0.965. The van der Waals surface area contributed by atoms with Gasteiger partial charge in [-0.05, 0) is 6.08 Å². The Morgan fingerprint density at radius 3 is 2.30 bits per heavy atom. The van der Waals surface area contributed by atoms with Crippen molar-refractivity contribution in [2.75, 3.05) is 0 Å². The zero-order chi connectivity index (χ0) is 8.15. The summed E-state index contributed by atoms with van der Waals surface area (Å²) >= 11 is 0. The van der Waals surface area contributed by atoms with Crippen LogP contribution in [0.1, 0.15) is 0 Å². The minimum Gasteiger partial charge on any atom is -0.478 e. The maximum atomic E-state index is 10.1. The molecule has 0 aromatic carbocycles. The standard InChI is InChI=1S/C5H7NO4/c1-2-3(4(7)8)10-5(6)9/h2-3H,1H2,(H2,6,9)(H,7,8). The maximum absolute atomic E-state index is 10.1. The van der Waals surface area contributed by atoms with Gasteiger partial charge >= 0.3 is 12.1 Å². The van der Waals surface area contributed by atoms with Crippen molar-refractivity contribution in [1.82, 2.24) is 0 Å². The molecule has 0 spiro atoms. The van der Waals surface area contributed by atoms with E-state index in [2.05, 4.69) is 17.0 Å². The lowest BCUT2D eigenvalue weighted by Gasteiger charge is -2.04. The summed E-state index contributed by atoms with van der Waals surface area (Å²) in [6, 6.07) is 0. The van der Waals surface area contributed by atoms with Gasteiger partial charge in [0.25, 0.3) is 0 Å². The third-order valence-corrected chi connectivity index (χ3v) is 0.701. The molecule has 0 saturated carbocycles. The van der Waals surface area contributed by atoms with E-state index in [-0.39, 0.29) is 0 Å². The van der Waals surface area contributed by atoms with E-state index in [1.165, 1.54) is 0 Å². The topological polar surface area (TPSA) is 89.6 Å². The van der Waals surface area contributed by atoms with Crippen molar-refractivity contribution in [3.8, 4) is 0 Å². The molecule has 0 heterocycles. The van der Waals surface area contributed by atoms with Gasteiger partial charge in [0, 0.05) is 0 Å². The van der Waals surface area contributed by atoms with E-state index in [1.54, 1.807) is 0 Å². The smallest absolute Gasteiger partial charge is 0.405 e. The van der Waals surface area contributed by atoms with Crippen LogP contribution in [0.2, 0.25) is 0 Å². The quantitative estimate of drug-likeness (QED) is 0.534. The predicted molar refractivity (Wildman–Crippen MR) is 32.3 cm³/mol. The second-order valence-corrected chi connectivity index (χ2v) is 1.43. The molecule has 0 aromatic heterocycles. The molecule has 1 amide bonds. The number of carboxylic acids is 1. The molecule has 56 valence electrons. The zero-order valence-corrected chi connectivity index (χ0v) is 5.11. The molecule has 0 aliphatic heterocycles. The van der Waals surface area contributed by atoms with E-state index in [4.69, 9.17) is 5.11 Å². The largest absolute Gasteiger partial charge is 0.478 e. The first kappa shape index (κ1) is 8.48. The highest BCUT2D eigenvalue weighted by Crippen LogP contribution is 1.91. The van der Waals surface area contributed by atoms with E-state index < -0.39 is 18.2 Å². The number of amides is 1. The molecular formula is C5H7NO4. The average molecular weight is 145 g/mol. The number of ether oxygens (including phenoxy) is 1. The van der Waals surface area contributed by atoms with E-state index >= 15 is 0 Å². The summed E-state index contributed by atoms with van der Waals surface area (Å²) in [4.78, 5) is 20.0. The van der Waals surface area contributed by atoms with Crippen molar-refractivity contribution in [3.05, 3.63) is 12.7 Å². The molecule has 1 unspecified atom stereocenters. The van der Waals surface area contributed by atoms with Gasteiger partial charge in [-0.25, -0.2) is 9.59 Å². The first-order valence-electron chi connectivity index (χ1n) is 2.39. The van der Waals surface area contributed by atoms with E-state index in [0.29, 0.717) is 0 Å². The van der Waals surface area contributed by atoms with Crippen LogP contribution >= 0.6 is 0 Å². The van der Waals surface area contributed by atoms with Gasteiger partial charge in [-0.2, -0.15) is 0 Å². The number of carboxylic acid groups (broad SMARTS) is 1. The highest BCUT2D eigenvalue weighted by molar-refractivity contribution is 5.78. The summed E-state index contributed by atoms with van der Waals surface area (Å²) in [7, 11) is 0. The number of nitrogens with two attached hydrogens (primary N) is 1. The van der Waals surface area contributed by atoms with Gasteiger partial charge in [-0.3, -0.25) is 0 Å². The Labute approximate surface area is 57.1 Å². The van der Waals surface area contributed by atoms with Gasteiger partial charge in [-0.1, -0.05) is 6.58 Å². The number of aliphatic carboxylic acids is 1. The van der Waals surface area contributed by atoms with Crippen molar-refractivity contribution in [2.45, 2.75) is 6.10 Å². The second-order valence-electron chi connectivity index (χ2n) is 1.43. The Balaban J connectivity index is 3.96. The van der Waals surface area contributed by atoms with E-state index in [1.807, 2.05) is 0 Å². The number of hydrogen-bond acceptors (Lipinski definition) is 3. The summed E-state index contributed by atoms with van der Waals surface area (Å²) in [5, 5.41) is 8.22. The van der Waals surface area contributed by atoms with Crippen molar-refractivity contribution in [3.63, 3.8) is 0 Å². The number of rotatable bonds is 3. The molecule has 0 rings (SSSR count). The lowest BCUT2D eigenvalue weighted by Crippen LogP contribution is -2.27. The molecule has 5 nitrogen and oxygen atoms in total. The van der Waals surface area contributed by atoms with E-state index in [9.17, 15) is 9.59 Å². The van der Waals surface area contributed by atoms with Crippen LogP contribution in [0, 0.1) is 0 Å². The number of hydrogen-bond donors (Lipinski definition) is 2. The number of carbonyl (C=O) groups is 2. The van der Waals surface area contributed by atoms with Crippen LogP contribution in [-0.2, 0) is 9.53 Å². The highest BCUT2D eigenvalue weighted by Gasteiger charge is 2.15. The number of carbonyl (C=O) groups excluding carboxylic acids is 1. The molecule has 3 N–H and O–H groups in total. The fraction of sp³-hybridized carbons (Fsp3) is 0.200. The molecule has 5 heteroatoms. The fourth-order valence-corrected chi connectivity index (χ4v) is 0.324. The average Bonchev–Trinajstić information content (AvgIpc) is 1.81. The lowest BCUT2D eigenvalue weighted by molar-refractivity contribution is -0.144. The molecule has 0 saturated heterocycles. The van der Waals surface area contributed by atoms with Crippen LogP contribution in [-0.4, -0.2) is 23.3 Å². The third-order valence-electron chi connectivity index (χ3n) is 0.701. The maximum Gasteiger partial charge on any atom is 0.405 e. The summed E-state index contributed by atoms with van der Waals surface area (Å²) in [6.07, 6.45) is -1.52. The number of primary amides is 1. The normalized spacial score (nSPS) is 11.6. The molecule has 1 atom stereocenters. The Hall–Kier alpha value is -1.52. The Kier molecular flexibility index (Phi) is 2.96. The van der Waals surface area contributed by atoms with Gasteiger partial charge in [-0.15, -0.1) is 0 Å². The Morgan fingerprint density at radius 2 is 2.20 bits per heavy atom. The molecule has 0 fully saturated rings. The summed E-state index contributed by atoms with van der Waals surface area (Å²) in [6.45, 7) is 3.12. The minimum atomic E-state index is -1.35. The van der Waals surface area contributed by atoms with Gasteiger partial charge in [0.15, 0.2) is 0 Å². The molecule has 0 aliphatic carbocycles. The predicted octanol–water partition coefficient (Wildman–Crippen LogP) is -0.279.